The SMILES string of the molecule is CCN(C(=O)Nc1cc(Cl)ccc1Cl)c1cccc(N)c1. The molecule has 0 aliphatic heterocycles. The van der Waals surface area contributed by atoms with E-state index in [4.69, 9.17) is 28.9 Å². The predicted octanol–water partition coefficient (Wildman–Crippen LogP) is 4.63. The summed E-state index contributed by atoms with van der Waals surface area (Å²) in [5, 5.41) is 3.68. The van der Waals surface area contributed by atoms with Crippen LogP contribution in [0.2, 0.25) is 10.0 Å². The third-order valence-corrected chi connectivity index (χ3v) is 3.48. The average Bonchev–Trinajstić information content (AvgIpc) is 2.44. The van der Waals surface area contributed by atoms with Gasteiger partial charge in [0.25, 0.3) is 0 Å². The Bertz CT molecular complexity index is 661. The summed E-state index contributed by atoms with van der Waals surface area (Å²) in [5.74, 6) is 0. The normalized spacial score (nSPS) is 10.2. The van der Waals surface area contributed by atoms with Crippen molar-refractivity contribution in [3.8, 4) is 0 Å². The van der Waals surface area contributed by atoms with Crippen LogP contribution in [0.4, 0.5) is 21.9 Å². The number of urea groups is 1. The van der Waals surface area contributed by atoms with Gasteiger partial charge in [0.15, 0.2) is 0 Å². The van der Waals surface area contributed by atoms with Crippen LogP contribution in [-0.4, -0.2) is 12.6 Å². The van der Waals surface area contributed by atoms with Crippen molar-refractivity contribution >= 4 is 46.3 Å². The predicted molar refractivity (Wildman–Crippen MR) is 89.4 cm³/mol. The van der Waals surface area contributed by atoms with Gasteiger partial charge in [0.2, 0.25) is 0 Å². The maximum absolute atomic E-state index is 12.4. The molecule has 0 aromatic heterocycles. The molecule has 4 nitrogen and oxygen atoms in total. The van der Waals surface area contributed by atoms with E-state index in [0.717, 1.165) is 0 Å². The van der Waals surface area contributed by atoms with Gasteiger partial charge in [-0.25, -0.2) is 4.79 Å². The summed E-state index contributed by atoms with van der Waals surface area (Å²) in [6, 6.07) is 11.7. The molecular weight excluding hydrogens is 309 g/mol. The van der Waals surface area contributed by atoms with Crippen molar-refractivity contribution < 1.29 is 4.79 Å². The molecule has 0 aliphatic rings. The summed E-state index contributed by atoms with van der Waals surface area (Å²) in [4.78, 5) is 14.0. The fourth-order valence-corrected chi connectivity index (χ4v) is 2.25. The molecule has 0 spiro atoms. The zero-order chi connectivity index (χ0) is 15.4. The third kappa shape index (κ3) is 3.80. The molecule has 3 N–H and O–H groups in total. The lowest BCUT2D eigenvalue weighted by molar-refractivity contribution is 0.257. The summed E-state index contributed by atoms with van der Waals surface area (Å²) in [6.45, 7) is 2.37. The van der Waals surface area contributed by atoms with Crippen molar-refractivity contribution in [1.82, 2.24) is 0 Å². The molecule has 2 amide bonds. The van der Waals surface area contributed by atoms with Crippen LogP contribution in [0.25, 0.3) is 0 Å². The second-order valence-corrected chi connectivity index (χ2v) is 5.24. The van der Waals surface area contributed by atoms with E-state index >= 15 is 0 Å². The van der Waals surface area contributed by atoms with E-state index < -0.39 is 0 Å². The minimum atomic E-state index is -0.299. The van der Waals surface area contributed by atoms with Crippen molar-refractivity contribution in [3.05, 3.63) is 52.5 Å². The number of anilines is 3. The first kappa shape index (κ1) is 15.5. The van der Waals surface area contributed by atoms with E-state index in [1.807, 2.05) is 13.0 Å². The van der Waals surface area contributed by atoms with E-state index in [2.05, 4.69) is 5.32 Å². The Morgan fingerprint density at radius 1 is 1.24 bits per heavy atom. The number of halogens is 2. The Labute approximate surface area is 133 Å². The van der Waals surface area contributed by atoms with Gasteiger partial charge in [0.05, 0.1) is 10.7 Å². The summed E-state index contributed by atoms with van der Waals surface area (Å²) in [5.41, 5.74) is 7.53. The van der Waals surface area contributed by atoms with Gasteiger partial charge in [-0.3, -0.25) is 4.90 Å². The molecule has 0 atom stereocenters. The van der Waals surface area contributed by atoms with Gasteiger partial charge in [-0.05, 0) is 43.3 Å². The molecule has 0 unspecified atom stereocenters. The molecule has 0 fully saturated rings. The molecule has 0 aliphatic carbocycles. The first-order valence-corrected chi connectivity index (χ1v) is 7.16. The van der Waals surface area contributed by atoms with Crippen molar-refractivity contribution in [2.24, 2.45) is 0 Å². The Kier molecular flexibility index (Phi) is 4.94. The second kappa shape index (κ2) is 6.70. The number of benzene rings is 2. The highest BCUT2D eigenvalue weighted by Crippen LogP contribution is 2.26. The summed E-state index contributed by atoms with van der Waals surface area (Å²) >= 11 is 12.0. The highest BCUT2D eigenvalue weighted by molar-refractivity contribution is 6.35. The molecule has 0 saturated carbocycles. The average molecular weight is 324 g/mol. The minimum Gasteiger partial charge on any atom is -0.399 e. The first-order valence-electron chi connectivity index (χ1n) is 6.40. The number of hydrogen-bond acceptors (Lipinski definition) is 2. The van der Waals surface area contributed by atoms with Crippen molar-refractivity contribution in [3.63, 3.8) is 0 Å². The van der Waals surface area contributed by atoms with Gasteiger partial charge in [0.1, 0.15) is 0 Å². The Morgan fingerprint density at radius 2 is 2.00 bits per heavy atom. The summed E-state index contributed by atoms with van der Waals surface area (Å²) in [6.07, 6.45) is 0. The molecule has 110 valence electrons. The quantitative estimate of drug-likeness (QED) is 0.809. The van der Waals surface area contributed by atoms with E-state index in [0.29, 0.717) is 33.7 Å². The number of nitrogens with zero attached hydrogens (tertiary/aromatic N) is 1. The molecule has 6 heteroatoms. The minimum absolute atomic E-state index is 0.299. The van der Waals surface area contributed by atoms with Crippen LogP contribution in [0.3, 0.4) is 0 Å². The van der Waals surface area contributed by atoms with Crippen molar-refractivity contribution in [2.75, 3.05) is 22.5 Å². The number of carbonyl (C=O) groups is 1. The van der Waals surface area contributed by atoms with Crippen LogP contribution < -0.4 is 16.0 Å². The van der Waals surface area contributed by atoms with Gasteiger partial charge < -0.3 is 11.1 Å². The largest absolute Gasteiger partial charge is 0.399 e. The van der Waals surface area contributed by atoms with Crippen LogP contribution in [0.15, 0.2) is 42.5 Å². The molecule has 0 saturated heterocycles. The molecule has 0 radical (unpaired) electrons. The van der Waals surface area contributed by atoms with Crippen molar-refractivity contribution in [1.29, 1.82) is 0 Å². The lowest BCUT2D eigenvalue weighted by atomic mass is 10.2. The van der Waals surface area contributed by atoms with Crippen LogP contribution in [0.1, 0.15) is 6.92 Å². The number of nitrogens with one attached hydrogen (secondary N) is 1. The maximum Gasteiger partial charge on any atom is 0.326 e. The van der Waals surface area contributed by atoms with E-state index in [1.54, 1.807) is 41.3 Å². The number of amides is 2. The second-order valence-electron chi connectivity index (χ2n) is 4.39. The number of carbonyl (C=O) groups excluding carboxylic acids is 1. The number of nitrogens with two attached hydrogens (primary N) is 1. The topological polar surface area (TPSA) is 58.4 Å². The summed E-state index contributed by atoms with van der Waals surface area (Å²) < 4.78 is 0. The molecule has 0 bridgehead atoms. The van der Waals surface area contributed by atoms with E-state index in [-0.39, 0.29) is 6.03 Å². The molecule has 2 rings (SSSR count). The summed E-state index contributed by atoms with van der Waals surface area (Å²) in [7, 11) is 0. The highest BCUT2D eigenvalue weighted by atomic mass is 35.5. The van der Waals surface area contributed by atoms with Gasteiger partial charge >= 0.3 is 6.03 Å². The fraction of sp³-hybridized carbons (Fsp3) is 0.133. The van der Waals surface area contributed by atoms with Gasteiger partial charge in [-0.15, -0.1) is 0 Å². The number of hydrogen-bond donors (Lipinski definition) is 2. The Balaban J connectivity index is 2.23. The molecule has 21 heavy (non-hydrogen) atoms. The van der Waals surface area contributed by atoms with Crippen LogP contribution >= 0.6 is 23.2 Å². The zero-order valence-electron chi connectivity index (χ0n) is 11.4. The number of nitrogen functional groups attached to an aromatic ring is 1. The maximum atomic E-state index is 12.4. The van der Waals surface area contributed by atoms with Gasteiger partial charge in [0, 0.05) is 22.9 Å². The Morgan fingerprint density at radius 3 is 2.67 bits per heavy atom. The molecular formula is C15H15Cl2N3O. The van der Waals surface area contributed by atoms with Gasteiger partial charge in [-0.2, -0.15) is 0 Å². The van der Waals surface area contributed by atoms with E-state index in [9.17, 15) is 4.79 Å². The zero-order valence-corrected chi connectivity index (χ0v) is 12.9. The number of rotatable bonds is 3. The first-order chi connectivity index (χ1) is 10.0. The third-order valence-electron chi connectivity index (χ3n) is 2.91. The lowest BCUT2D eigenvalue weighted by Gasteiger charge is -2.22. The van der Waals surface area contributed by atoms with Crippen LogP contribution in [0.5, 0.6) is 0 Å². The van der Waals surface area contributed by atoms with Crippen molar-refractivity contribution in [2.45, 2.75) is 6.92 Å². The highest BCUT2D eigenvalue weighted by Gasteiger charge is 2.15. The fourth-order valence-electron chi connectivity index (χ4n) is 1.91. The molecule has 2 aromatic carbocycles. The monoisotopic (exact) mass is 323 g/mol. The molecule has 0 heterocycles. The van der Waals surface area contributed by atoms with Gasteiger partial charge in [-0.1, -0.05) is 29.3 Å². The lowest BCUT2D eigenvalue weighted by Crippen LogP contribution is -2.34. The molecule has 2 aromatic rings. The van der Waals surface area contributed by atoms with Crippen LogP contribution in [0, 0.1) is 0 Å². The Hall–Kier alpha value is -1.91. The smallest absolute Gasteiger partial charge is 0.326 e. The van der Waals surface area contributed by atoms with E-state index in [1.165, 1.54) is 0 Å². The standard InChI is InChI=1S/C15H15Cl2N3O/c1-2-20(12-5-3-4-11(18)9-12)15(21)19-14-8-10(16)6-7-13(14)17/h3-9H,2,18H2,1H3,(H,19,21). The van der Waals surface area contributed by atoms with Crippen LogP contribution in [-0.2, 0) is 0 Å².